The van der Waals surface area contributed by atoms with Crippen LogP contribution in [0.3, 0.4) is 0 Å². The fraction of sp³-hybridized carbons (Fsp3) is 0.154. The van der Waals surface area contributed by atoms with Crippen molar-refractivity contribution in [2.75, 3.05) is 0 Å². The molecule has 0 saturated carbocycles. The molecule has 0 spiro atoms. The second-order valence-electron chi connectivity index (χ2n) is 7.36. The number of aliphatic hydroxyl groups excluding tert-OH is 1. The highest BCUT2D eigenvalue weighted by atomic mass is 16.5. The van der Waals surface area contributed by atoms with Crippen LogP contribution in [0.1, 0.15) is 29.2 Å². The SMILES string of the molecule is O=C(CC(O)c1ccc(OCc2ccccc2)cc1)OCc1ccc(-n2ccnc2)cc1. The van der Waals surface area contributed by atoms with Crippen LogP contribution in [0, 0.1) is 0 Å². The molecule has 162 valence electrons. The summed E-state index contributed by atoms with van der Waals surface area (Å²) < 4.78 is 13.0. The summed E-state index contributed by atoms with van der Waals surface area (Å²) in [7, 11) is 0. The highest BCUT2D eigenvalue weighted by Crippen LogP contribution is 2.22. The zero-order valence-corrected chi connectivity index (χ0v) is 17.5. The molecular formula is C26H24N2O4. The number of nitrogens with zero attached hydrogens (tertiary/aromatic N) is 2. The maximum Gasteiger partial charge on any atom is 0.309 e. The smallest absolute Gasteiger partial charge is 0.309 e. The molecule has 0 aliphatic rings. The van der Waals surface area contributed by atoms with E-state index in [1.165, 1.54) is 0 Å². The minimum absolute atomic E-state index is 0.114. The van der Waals surface area contributed by atoms with Crippen LogP contribution >= 0.6 is 0 Å². The number of rotatable bonds is 9. The van der Waals surface area contributed by atoms with Gasteiger partial charge in [0.15, 0.2) is 0 Å². The van der Waals surface area contributed by atoms with Gasteiger partial charge < -0.3 is 19.1 Å². The van der Waals surface area contributed by atoms with Crippen LogP contribution in [-0.2, 0) is 22.7 Å². The molecule has 1 aromatic heterocycles. The van der Waals surface area contributed by atoms with E-state index < -0.39 is 12.1 Å². The molecule has 1 unspecified atom stereocenters. The maximum absolute atomic E-state index is 12.2. The number of hydrogen-bond donors (Lipinski definition) is 1. The third-order valence-electron chi connectivity index (χ3n) is 5.01. The van der Waals surface area contributed by atoms with Gasteiger partial charge in [-0.2, -0.15) is 0 Å². The molecule has 0 saturated heterocycles. The number of carbonyl (C=O) groups is 1. The Kier molecular flexibility index (Phi) is 6.94. The van der Waals surface area contributed by atoms with Gasteiger partial charge >= 0.3 is 5.97 Å². The first-order valence-electron chi connectivity index (χ1n) is 10.3. The molecule has 32 heavy (non-hydrogen) atoms. The molecule has 4 rings (SSSR count). The zero-order valence-electron chi connectivity index (χ0n) is 17.5. The molecule has 0 aliphatic carbocycles. The Morgan fingerprint density at radius 2 is 1.62 bits per heavy atom. The number of aliphatic hydroxyl groups is 1. The quantitative estimate of drug-likeness (QED) is 0.394. The Hall–Kier alpha value is -3.90. The highest BCUT2D eigenvalue weighted by molar-refractivity contribution is 5.70. The number of benzene rings is 3. The molecule has 4 aromatic rings. The van der Waals surface area contributed by atoms with Crippen LogP contribution < -0.4 is 4.74 Å². The molecule has 0 bridgehead atoms. The lowest BCUT2D eigenvalue weighted by molar-refractivity contribution is -0.147. The van der Waals surface area contributed by atoms with Gasteiger partial charge in [-0.05, 0) is 41.0 Å². The first-order valence-corrected chi connectivity index (χ1v) is 10.3. The average Bonchev–Trinajstić information content (AvgIpc) is 3.38. The molecular weight excluding hydrogens is 404 g/mol. The largest absolute Gasteiger partial charge is 0.489 e. The molecule has 6 nitrogen and oxygen atoms in total. The molecule has 3 aromatic carbocycles. The van der Waals surface area contributed by atoms with Crippen LogP contribution in [0.15, 0.2) is 97.6 Å². The summed E-state index contributed by atoms with van der Waals surface area (Å²) >= 11 is 0. The van der Waals surface area contributed by atoms with Gasteiger partial charge in [-0.25, -0.2) is 4.98 Å². The Morgan fingerprint density at radius 1 is 0.906 bits per heavy atom. The highest BCUT2D eigenvalue weighted by Gasteiger charge is 2.14. The van der Waals surface area contributed by atoms with E-state index in [-0.39, 0.29) is 13.0 Å². The van der Waals surface area contributed by atoms with E-state index in [1.807, 2.05) is 65.4 Å². The molecule has 1 atom stereocenters. The van der Waals surface area contributed by atoms with E-state index in [2.05, 4.69) is 4.98 Å². The number of ether oxygens (including phenoxy) is 2. The zero-order chi connectivity index (χ0) is 22.2. The van der Waals surface area contributed by atoms with Gasteiger partial charge in [0.25, 0.3) is 0 Å². The summed E-state index contributed by atoms with van der Waals surface area (Å²) in [4.78, 5) is 16.2. The molecule has 1 heterocycles. The van der Waals surface area contributed by atoms with Gasteiger partial charge in [0, 0.05) is 18.1 Å². The van der Waals surface area contributed by atoms with Crippen LogP contribution in [-0.4, -0.2) is 20.6 Å². The van der Waals surface area contributed by atoms with Crippen LogP contribution in [0.4, 0.5) is 0 Å². The number of aromatic nitrogens is 2. The van der Waals surface area contributed by atoms with E-state index >= 15 is 0 Å². The second-order valence-corrected chi connectivity index (χ2v) is 7.36. The van der Waals surface area contributed by atoms with E-state index in [1.54, 1.807) is 36.8 Å². The summed E-state index contributed by atoms with van der Waals surface area (Å²) in [5.41, 5.74) is 3.57. The predicted molar refractivity (Wildman–Crippen MR) is 120 cm³/mol. The minimum atomic E-state index is -0.936. The maximum atomic E-state index is 12.2. The summed E-state index contributed by atoms with van der Waals surface area (Å²) in [6.45, 7) is 0.625. The molecule has 0 aliphatic heterocycles. The second kappa shape index (κ2) is 10.4. The van der Waals surface area contributed by atoms with E-state index in [4.69, 9.17) is 9.47 Å². The molecule has 0 amide bonds. The monoisotopic (exact) mass is 428 g/mol. The molecule has 6 heteroatoms. The van der Waals surface area contributed by atoms with E-state index in [0.29, 0.717) is 17.9 Å². The summed E-state index contributed by atoms with van der Waals surface area (Å²) in [5.74, 6) is 0.243. The van der Waals surface area contributed by atoms with Crippen molar-refractivity contribution in [3.05, 3.63) is 114 Å². The standard InChI is InChI=1S/C26H24N2O4/c29-25(22-8-12-24(13-9-22)31-17-20-4-2-1-3-5-20)16-26(30)32-18-21-6-10-23(11-7-21)28-15-14-27-19-28/h1-15,19,25,29H,16-18H2. The Balaban J connectivity index is 1.23. The fourth-order valence-electron chi connectivity index (χ4n) is 3.20. The number of carbonyl (C=O) groups excluding carboxylic acids is 1. The Labute approximate surface area is 186 Å². The van der Waals surface area contributed by atoms with Gasteiger partial charge in [-0.15, -0.1) is 0 Å². The van der Waals surface area contributed by atoms with Crippen molar-refractivity contribution >= 4 is 5.97 Å². The van der Waals surface area contributed by atoms with Crippen molar-refractivity contribution in [3.63, 3.8) is 0 Å². The first kappa shape index (κ1) is 21.3. The van der Waals surface area contributed by atoms with Crippen molar-refractivity contribution in [2.24, 2.45) is 0 Å². The van der Waals surface area contributed by atoms with Crippen molar-refractivity contribution in [1.82, 2.24) is 9.55 Å². The Bertz CT molecular complexity index is 1110. The third-order valence-corrected chi connectivity index (χ3v) is 5.01. The Morgan fingerprint density at radius 3 is 2.31 bits per heavy atom. The van der Waals surface area contributed by atoms with Crippen LogP contribution in [0.2, 0.25) is 0 Å². The molecule has 0 fully saturated rings. The van der Waals surface area contributed by atoms with Crippen molar-refractivity contribution in [1.29, 1.82) is 0 Å². The predicted octanol–water partition coefficient (Wildman–Crippen LogP) is 4.62. The fourth-order valence-corrected chi connectivity index (χ4v) is 3.20. The third kappa shape index (κ3) is 5.83. The number of imidazole rings is 1. The van der Waals surface area contributed by atoms with Crippen molar-refractivity contribution in [2.45, 2.75) is 25.7 Å². The van der Waals surface area contributed by atoms with Gasteiger partial charge in [0.1, 0.15) is 19.0 Å². The van der Waals surface area contributed by atoms with Crippen molar-refractivity contribution in [3.8, 4) is 11.4 Å². The van der Waals surface area contributed by atoms with Crippen LogP contribution in [0.5, 0.6) is 5.75 Å². The number of esters is 1. The summed E-state index contributed by atoms with van der Waals surface area (Å²) in [6.07, 6.45) is 4.25. The van der Waals surface area contributed by atoms with Gasteiger partial charge in [0.2, 0.25) is 0 Å². The van der Waals surface area contributed by atoms with E-state index in [9.17, 15) is 9.90 Å². The molecule has 1 N–H and O–H groups in total. The summed E-state index contributed by atoms with van der Waals surface area (Å²) in [6, 6.07) is 24.6. The average molecular weight is 428 g/mol. The normalized spacial score (nSPS) is 11.7. The lowest BCUT2D eigenvalue weighted by atomic mass is 10.1. The lowest BCUT2D eigenvalue weighted by Gasteiger charge is -2.12. The first-order chi connectivity index (χ1) is 15.7. The van der Waals surface area contributed by atoms with Gasteiger partial charge in [-0.1, -0.05) is 54.6 Å². The van der Waals surface area contributed by atoms with Crippen LogP contribution in [0.25, 0.3) is 5.69 Å². The lowest BCUT2D eigenvalue weighted by Crippen LogP contribution is -2.10. The summed E-state index contributed by atoms with van der Waals surface area (Å²) in [5, 5.41) is 10.4. The van der Waals surface area contributed by atoms with Gasteiger partial charge in [0.05, 0.1) is 18.9 Å². The minimum Gasteiger partial charge on any atom is -0.489 e. The van der Waals surface area contributed by atoms with Crippen molar-refractivity contribution < 1.29 is 19.4 Å². The van der Waals surface area contributed by atoms with Gasteiger partial charge in [-0.3, -0.25) is 4.79 Å². The molecule has 0 radical (unpaired) electrons. The number of hydrogen-bond acceptors (Lipinski definition) is 5. The topological polar surface area (TPSA) is 73.6 Å². The van der Waals surface area contributed by atoms with E-state index in [0.717, 1.165) is 16.8 Å².